The van der Waals surface area contributed by atoms with Crippen LogP contribution in [0.2, 0.25) is 0 Å². The van der Waals surface area contributed by atoms with Crippen LogP contribution in [0.4, 0.5) is 4.79 Å². The number of primary amides is 1. The molecule has 1 rings (SSSR count). The highest BCUT2D eigenvalue weighted by Crippen LogP contribution is 2.27. The predicted molar refractivity (Wildman–Crippen MR) is 75.1 cm³/mol. The third-order valence-corrected chi connectivity index (χ3v) is 3.52. The predicted octanol–water partition coefficient (Wildman–Crippen LogP) is 1.52. The Kier molecular flexibility index (Phi) is 5.39. The monoisotopic (exact) mass is 286 g/mol. The fourth-order valence-corrected chi connectivity index (χ4v) is 2.54. The Labute approximate surface area is 120 Å². The van der Waals surface area contributed by atoms with Gasteiger partial charge in [0, 0.05) is 13.7 Å². The lowest BCUT2D eigenvalue weighted by Crippen LogP contribution is -2.50. The number of hydrogen-bond donors (Lipinski definition) is 1. The third kappa shape index (κ3) is 4.10. The van der Waals surface area contributed by atoms with Gasteiger partial charge in [-0.1, -0.05) is 6.92 Å². The van der Waals surface area contributed by atoms with Crippen LogP contribution < -0.4 is 5.73 Å². The maximum atomic E-state index is 12.2. The molecule has 0 bridgehead atoms. The van der Waals surface area contributed by atoms with E-state index in [1.165, 1.54) is 7.11 Å². The first kappa shape index (κ1) is 16.8. The van der Waals surface area contributed by atoms with Gasteiger partial charge in [-0.3, -0.25) is 4.79 Å². The maximum absolute atomic E-state index is 12.2. The number of likely N-dealkylation sites (tertiary alicyclic amines) is 1. The summed E-state index contributed by atoms with van der Waals surface area (Å²) in [6.07, 6.45) is 0.895. The van der Waals surface area contributed by atoms with Gasteiger partial charge in [0.2, 0.25) is 5.91 Å². The Morgan fingerprint density at radius 2 is 1.95 bits per heavy atom. The summed E-state index contributed by atoms with van der Waals surface area (Å²) < 4.78 is 10.8. The molecule has 0 aromatic carbocycles. The van der Waals surface area contributed by atoms with E-state index in [0.717, 1.165) is 12.8 Å². The number of carbonyl (C=O) groups is 2. The van der Waals surface area contributed by atoms with E-state index in [0.29, 0.717) is 6.54 Å². The summed E-state index contributed by atoms with van der Waals surface area (Å²) >= 11 is 0. The number of hydrogen-bond acceptors (Lipinski definition) is 4. The second-order valence-electron chi connectivity index (χ2n) is 6.27. The lowest BCUT2D eigenvalue weighted by atomic mass is 9.95. The quantitative estimate of drug-likeness (QED) is 0.849. The first-order valence-electron chi connectivity index (χ1n) is 6.99. The van der Waals surface area contributed by atoms with E-state index >= 15 is 0 Å². The summed E-state index contributed by atoms with van der Waals surface area (Å²) in [5, 5.41) is 0. The molecule has 1 aliphatic rings. The smallest absolute Gasteiger partial charge is 0.410 e. The Morgan fingerprint density at radius 1 is 1.35 bits per heavy atom. The zero-order chi connectivity index (χ0) is 15.5. The van der Waals surface area contributed by atoms with Gasteiger partial charge < -0.3 is 20.1 Å². The molecule has 2 amide bonds. The molecule has 6 nitrogen and oxygen atoms in total. The number of nitrogens with two attached hydrogens (primary N) is 1. The molecule has 6 heteroatoms. The molecule has 3 atom stereocenters. The molecule has 0 radical (unpaired) electrons. The molecule has 1 aliphatic heterocycles. The fraction of sp³-hybridized carbons (Fsp3) is 0.857. The van der Waals surface area contributed by atoms with Crippen molar-refractivity contribution in [1.29, 1.82) is 0 Å². The van der Waals surface area contributed by atoms with Crippen LogP contribution in [0.15, 0.2) is 0 Å². The van der Waals surface area contributed by atoms with Crippen molar-refractivity contribution >= 4 is 12.0 Å². The minimum absolute atomic E-state index is 0.169. The first-order chi connectivity index (χ1) is 9.17. The van der Waals surface area contributed by atoms with Crippen molar-refractivity contribution in [3.05, 3.63) is 0 Å². The zero-order valence-corrected chi connectivity index (χ0v) is 13.0. The van der Waals surface area contributed by atoms with E-state index in [2.05, 4.69) is 0 Å². The van der Waals surface area contributed by atoms with Crippen LogP contribution in [0.3, 0.4) is 0 Å². The molecular weight excluding hydrogens is 260 g/mol. The van der Waals surface area contributed by atoms with Gasteiger partial charge in [0.15, 0.2) is 0 Å². The van der Waals surface area contributed by atoms with E-state index in [1.807, 2.05) is 20.8 Å². The average molecular weight is 286 g/mol. The summed E-state index contributed by atoms with van der Waals surface area (Å²) in [5.74, 6) is -0.874. The number of ether oxygens (including phenoxy) is 2. The minimum atomic E-state index is -0.540. The number of nitrogens with zero attached hydrogens (tertiary/aromatic N) is 1. The van der Waals surface area contributed by atoms with Gasteiger partial charge in [-0.15, -0.1) is 0 Å². The van der Waals surface area contributed by atoms with Gasteiger partial charge in [0.1, 0.15) is 5.60 Å². The molecule has 3 unspecified atom stereocenters. The topological polar surface area (TPSA) is 81.9 Å². The number of methoxy groups -OCH3 is 1. The van der Waals surface area contributed by atoms with Crippen molar-refractivity contribution < 1.29 is 19.1 Å². The lowest BCUT2D eigenvalue weighted by molar-refractivity contribution is -0.127. The van der Waals surface area contributed by atoms with E-state index in [-0.39, 0.29) is 12.1 Å². The molecule has 20 heavy (non-hydrogen) atoms. The Bertz CT molecular complexity index is 365. The number of amides is 2. The highest BCUT2D eigenvalue weighted by atomic mass is 16.6. The fourth-order valence-electron chi connectivity index (χ4n) is 2.54. The van der Waals surface area contributed by atoms with Gasteiger partial charge in [0.25, 0.3) is 0 Å². The Hall–Kier alpha value is -1.30. The highest BCUT2D eigenvalue weighted by molar-refractivity contribution is 5.77. The van der Waals surface area contributed by atoms with Crippen LogP contribution in [0, 0.1) is 5.92 Å². The Morgan fingerprint density at radius 3 is 2.40 bits per heavy atom. The summed E-state index contributed by atoms with van der Waals surface area (Å²) in [6.45, 7) is 7.83. The molecular formula is C14H26N2O4. The van der Waals surface area contributed by atoms with Gasteiger partial charge in [-0.05, 0) is 33.6 Å². The molecule has 0 aliphatic carbocycles. The highest BCUT2D eigenvalue weighted by Gasteiger charge is 2.40. The van der Waals surface area contributed by atoms with Crippen LogP contribution in [-0.4, -0.2) is 48.3 Å². The first-order valence-corrected chi connectivity index (χ1v) is 6.99. The largest absolute Gasteiger partial charge is 0.444 e. The zero-order valence-electron chi connectivity index (χ0n) is 13.0. The van der Waals surface area contributed by atoms with Crippen LogP contribution in [-0.2, 0) is 14.3 Å². The second-order valence-corrected chi connectivity index (χ2v) is 6.27. The SMILES string of the molecule is COC(C(C)C(N)=O)C1CCCN1C(=O)OC(C)(C)C. The molecule has 1 saturated heterocycles. The Balaban J connectivity index is 2.82. The van der Waals surface area contributed by atoms with Crippen molar-refractivity contribution in [3.63, 3.8) is 0 Å². The molecule has 0 saturated carbocycles. The van der Waals surface area contributed by atoms with Crippen LogP contribution in [0.5, 0.6) is 0 Å². The average Bonchev–Trinajstić information content (AvgIpc) is 2.76. The van der Waals surface area contributed by atoms with Crippen LogP contribution >= 0.6 is 0 Å². The van der Waals surface area contributed by atoms with Crippen molar-refractivity contribution in [2.24, 2.45) is 11.7 Å². The van der Waals surface area contributed by atoms with Crippen molar-refractivity contribution in [1.82, 2.24) is 4.90 Å². The van der Waals surface area contributed by atoms with E-state index in [4.69, 9.17) is 15.2 Å². The molecule has 0 aromatic heterocycles. The number of rotatable bonds is 4. The number of carbonyl (C=O) groups excluding carboxylic acids is 2. The van der Waals surface area contributed by atoms with Crippen molar-refractivity contribution in [2.45, 2.75) is 58.3 Å². The van der Waals surface area contributed by atoms with Gasteiger partial charge in [0.05, 0.1) is 18.1 Å². The lowest BCUT2D eigenvalue weighted by Gasteiger charge is -2.34. The van der Waals surface area contributed by atoms with Crippen LogP contribution in [0.25, 0.3) is 0 Å². The molecule has 116 valence electrons. The normalized spacial score (nSPS) is 22.4. The maximum Gasteiger partial charge on any atom is 0.410 e. The van der Waals surface area contributed by atoms with Crippen molar-refractivity contribution in [3.8, 4) is 0 Å². The minimum Gasteiger partial charge on any atom is -0.444 e. The summed E-state index contributed by atoms with van der Waals surface area (Å²) in [4.78, 5) is 25.2. The molecule has 1 heterocycles. The second kappa shape index (κ2) is 6.43. The van der Waals surface area contributed by atoms with E-state index < -0.39 is 23.5 Å². The summed E-state index contributed by atoms with van der Waals surface area (Å²) in [7, 11) is 1.54. The van der Waals surface area contributed by atoms with E-state index in [9.17, 15) is 9.59 Å². The summed E-state index contributed by atoms with van der Waals surface area (Å²) in [5.41, 5.74) is 4.81. The molecule has 2 N–H and O–H groups in total. The molecule has 0 aromatic rings. The third-order valence-electron chi connectivity index (χ3n) is 3.52. The standard InChI is InChI=1S/C14H26N2O4/c1-9(12(15)17)11(19-5)10-7-6-8-16(10)13(18)20-14(2,3)4/h9-11H,6-8H2,1-5H3,(H2,15,17). The van der Waals surface area contributed by atoms with Crippen molar-refractivity contribution in [2.75, 3.05) is 13.7 Å². The van der Waals surface area contributed by atoms with E-state index in [1.54, 1.807) is 11.8 Å². The van der Waals surface area contributed by atoms with Gasteiger partial charge in [-0.25, -0.2) is 4.79 Å². The molecule has 0 spiro atoms. The van der Waals surface area contributed by atoms with Gasteiger partial charge in [-0.2, -0.15) is 0 Å². The summed E-state index contributed by atoms with van der Waals surface area (Å²) in [6, 6.07) is -0.169. The van der Waals surface area contributed by atoms with Gasteiger partial charge >= 0.3 is 6.09 Å². The van der Waals surface area contributed by atoms with Crippen LogP contribution in [0.1, 0.15) is 40.5 Å². The molecule has 1 fully saturated rings.